The molecule has 3 aliphatic rings. The molecule has 8 atom stereocenters. The van der Waals surface area contributed by atoms with Crippen LogP contribution in [0.4, 0.5) is 16.0 Å². The lowest BCUT2D eigenvalue weighted by molar-refractivity contribution is -0.235. The highest BCUT2D eigenvalue weighted by molar-refractivity contribution is 7.84. The van der Waals surface area contributed by atoms with Crippen LogP contribution in [0.1, 0.15) is 18.9 Å². The topological polar surface area (TPSA) is 285 Å². The van der Waals surface area contributed by atoms with E-state index in [0.29, 0.717) is 0 Å². The van der Waals surface area contributed by atoms with E-state index in [-0.39, 0.29) is 40.4 Å². The molecule has 0 spiro atoms. The summed E-state index contributed by atoms with van der Waals surface area (Å²) in [6.45, 7) is -1.39. The largest absolute Gasteiger partial charge is 0.756 e. The number of phosphoric acid groups is 1. The lowest BCUT2D eigenvalue weighted by atomic mass is 10.1. The maximum absolute atomic E-state index is 15.8. The molecule has 3 aliphatic heterocycles. The van der Waals surface area contributed by atoms with Crippen molar-refractivity contribution < 1.29 is 45.0 Å². The van der Waals surface area contributed by atoms with Gasteiger partial charge in [-0.2, -0.15) is 17.8 Å². The first kappa shape index (κ1) is 28.2. The molecule has 5 N–H and O–H groups in total. The molecule has 43 heavy (non-hydrogen) atoms. The Bertz CT molecular complexity index is 1860. The van der Waals surface area contributed by atoms with Crippen molar-refractivity contribution in [3.05, 3.63) is 19.0 Å². The molecule has 0 aromatic carbocycles. The molecule has 0 aliphatic carbocycles. The van der Waals surface area contributed by atoms with E-state index >= 15 is 4.39 Å². The van der Waals surface area contributed by atoms with Gasteiger partial charge < -0.3 is 34.9 Å². The lowest BCUT2D eigenvalue weighted by Gasteiger charge is -2.31. The van der Waals surface area contributed by atoms with Crippen molar-refractivity contribution in [2.24, 2.45) is 0 Å². The zero-order valence-electron chi connectivity index (χ0n) is 21.5. The second-order valence-corrected chi connectivity index (χ2v) is 12.4. The number of nitrogens with two attached hydrogens (primary N) is 2. The molecule has 7 heterocycles. The molecule has 3 fully saturated rings. The second kappa shape index (κ2) is 10.3. The summed E-state index contributed by atoms with van der Waals surface area (Å²) in [4.78, 5) is 32.7. The van der Waals surface area contributed by atoms with E-state index in [1.165, 1.54) is 21.9 Å². The molecule has 230 valence electrons. The molecule has 0 amide bonds. The van der Waals surface area contributed by atoms with Gasteiger partial charge in [-0.05, 0) is 0 Å². The van der Waals surface area contributed by atoms with Gasteiger partial charge in [-0.15, -0.1) is 5.10 Å². The predicted molar refractivity (Wildman–Crippen MR) is 135 cm³/mol. The lowest BCUT2D eigenvalue weighted by Crippen LogP contribution is -2.44. The van der Waals surface area contributed by atoms with Crippen LogP contribution >= 0.6 is 7.82 Å². The van der Waals surface area contributed by atoms with Crippen LogP contribution in [-0.2, 0) is 37.6 Å². The number of fused-ring (bicyclic) bond motifs is 4. The number of hydrogen-bond acceptors (Lipinski definition) is 18. The van der Waals surface area contributed by atoms with E-state index in [9.17, 15) is 17.9 Å². The van der Waals surface area contributed by atoms with Crippen LogP contribution in [0, 0.1) is 0 Å². The number of nitrogens with zero attached hydrogens (tertiary/aromatic N) is 9. The summed E-state index contributed by atoms with van der Waals surface area (Å²) in [6.07, 6.45) is -7.18. The summed E-state index contributed by atoms with van der Waals surface area (Å²) in [7, 11) is -9.78. The van der Waals surface area contributed by atoms with Gasteiger partial charge in [0.25, 0.3) is 7.82 Å². The first-order chi connectivity index (χ1) is 20.5. The Hall–Kier alpha value is -3.54. The summed E-state index contributed by atoms with van der Waals surface area (Å²) < 4.78 is 86.1. The first-order valence-corrected chi connectivity index (χ1v) is 15.4. The fourth-order valence-corrected chi connectivity index (χ4v) is 6.97. The van der Waals surface area contributed by atoms with Crippen molar-refractivity contribution in [1.82, 2.24) is 49.2 Å². The highest BCUT2D eigenvalue weighted by Gasteiger charge is 2.50. The zero-order valence-corrected chi connectivity index (χ0v) is 23.2. The summed E-state index contributed by atoms with van der Waals surface area (Å²) in [5.41, 5.74) is 12.2. The average Bonchev–Trinajstić information content (AvgIpc) is 3.72. The smallest absolute Gasteiger partial charge is 0.336 e. The number of nitrogens with one attached hydrogen (secondary N) is 1. The standard InChI is InChI=1S/C19H22FN12O9PS/c20-11-14-8(39-19(11)31-6-27-12-15(21)23-4-25-17(12)31)2-28-43(35,36)41-7-1-10(38-9(7)3-37-42(33,34)40-14)32-18-13(29-30-32)16(22)24-5-26-18/h4-11,14,19,28H,1-3H2,(H,33,34)(H2,21,23,25)(H2,22,24,26)/p-1/t7-,8+,9+,10+,11+,14+,19+/m0/s1. The van der Waals surface area contributed by atoms with Crippen LogP contribution in [-0.4, -0.2) is 96.6 Å². The summed E-state index contributed by atoms with van der Waals surface area (Å²) in [5.74, 6) is 0.0722. The number of ether oxygens (including phenoxy) is 2. The molecule has 4 aromatic rings. The number of alkyl halides is 1. The predicted octanol–water partition coefficient (Wildman–Crippen LogP) is -2.15. The quantitative estimate of drug-likeness (QED) is 0.196. The maximum Gasteiger partial charge on any atom is 0.336 e. The van der Waals surface area contributed by atoms with E-state index in [1.807, 2.05) is 0 Å². The van der Waals surface area contributed by atoms with E-state index in [1.54, 1.807) is 0 Å². The van der Waals surface area contributed by atoms with Gasteiger partial charge in [0.15, 0.2) is 47.1 Å². The van der Waals surface area contributed by atoms with Crippen molar-refractivity contribution in [3.8, 4) is 0 Å². The van der Waals surface area contributed by atoms with Gasteiger partial charge in [-0.25, -0.2) is 29.3 Å². The molecule has 0 saturated carbocycles. The molecular weight excluding hydrogens is 622 g/mol. The van der Waals surface area contributed by atoms with Gasteiger partial charge in [0.05, 0.1) is 12.9 Å². The van der Waals surface area contributed by atoms with Crippen molar-refractivity contribution in [2.75, 3.05) is 24.6 Å². The van der Waals surface area contributed by atoms with Gasteiger partial charge in [0.2, 0.25) is 0 Å². The third-order valence-electron chi connectivity index (χ3n) is 7.03. The number of rotatable bonds is 2. The third-order valence-corrected chi connectivity index (χ3v) is 9.02. The van der Waals surface area contributed by atoms with Crippen LogP contribution < -0.4 is 21.1 Å². The zero-order chi connectivity index (χ0) is 30.1. The van der Waals surface area contributed by atoms with E-state index < -0.39 is 74.3 Å². The Morgan fingerprint density at radius 3 is 2.56 bits per heavy atom. The van der Waals surface area contributed by atoms with Gasteiger partial charge >= 0.3 is 10.3 Å². The molecule has 0 bridgehead atoms. The fraction of sp³-hybridized carbons (Fsp3) is 0.526. The maximum atomic E-state index is 15.8. The van der Waals surface area contributed by atoms with Gasteiger partial charge in [-0.3, -0.25) is 13.3 Å². The fourth-order valence-electron chi connectivity index (χ4n) is 5.07. The highest BCUT2D eigenvalue weighted by Crippen LogP contribution is 2.47. The van der Waals surface area contributed by atoms with Gasteiger partial charge in [0, 0.05) is 13.0 Å². The molecule has 7 rings (SSSR count). The monoisotopic (exact) mass is 643 g/mol. The number of nitrogen functional groups attached to an aromatic ring is 2. The van der Waals surface area contributed by atoms with Gasteiger partial charge in [0.1, 0.15) is 42.6 Å². The van der Waals surface area contributed by atoms with Crippen LogP contribution in [0.2, 0.25) is 0 Å². The summed E-state index contributed by atoms with van der Waals surface area (Å²) in [5, 5.41) is 7.86. The first-order valence-electron chi connectivity index (χ1n) is 12.5. The minimum absolute atomic E-state index is 0.0201. The molecule has 0 radical (unpaired) electrons. The molecular formula is C19H21FN12O9PS-. The van der Waals surface area contributed by atoms with Crippen molar-refractivity contribution in [3.63, 3.8) is 0 Å². The Labute approximate surface area is 239 Å². The number of aromatic nitrogens is 9. The Kier molecular flexibility index (Phi) is 6.75. The number of imidazole rings is 1. The number of halogens is 1. The van der Waals surface area contributed by atoms with E-state index in [2.05, 4.69) is 40.0 Å². The Morgan fingerprint density at radius 2 is 1.77 bits per heavy atom. The number of hydrogen-bond donors (Lipinski definition) is 3. The highest BCUT2D eigenvalue weighted by atomic mass is 32.2. The van der Waals surface area contributed by atoms with E-state index in [0.717, 1.165) is 6.33 Å². The summed E-state index contributed by atoms with van der Waals surface area (Å²) >= 11 is 0. The van der Waals surface area contributed by atoms with Crippen LogP contribution in [0.5, 0.6) is 0 Å². The molecule has 3 saturated heterocycles. The van der Waals surface area contributed by atoms with Crippen LogP contribution in [0.15, 0.2) is 19.0 Å². The summed E-state index contributed by atoms with van der Waals surface area (Å²) in [6, 6.07) is 0. The van der Waals surface area contributed by atoms with Crippen LogP contribution in [0.25, 0.3) is 22.3 Å². The molecule has 21 nitrogen and oxygen atoms in total. The normalized spacial score (nSPS) is 34.9. The minimum Gasteiger partial charge on any atom is -0.756 e. The molecule has 4 aromatic heterocycles. The second-order valence-electron chi connectivity index (χ2n) is 9.67. The third kappa shape index (κ3) is 5.07. The van der Waals surface area contributed by atoms with Gasteiger partial charge in [-0.1, -0.05) is 5.21 Å². The number of anilines is 2. The Balaban J connectivity index is 1.15. The van der Waals surface area contributed by atoms with Crippen LogP contribution in [0.3, 0.4) is 0 Å². The van der Waals surface area contributed by atoms with Crippen molar-refractivity contribution in [1.29, 1.82) is 0 Å². The minimum atomic E-state index is -5.24. The average molecular weight is 643 g/mol. The SMILES string of the molecule is Nc1ncnc2c1ncn2[C@@H]1O[C@@H]2CNS(=O)(=O)O[C@H]3C[C@H](n4nnc5c(N)ncnc54)O[C@@H]3COP(=O)([O-])O[C@H]2[C@H]1F. The van der Waals surface area contributed by atoms with Crippen molar-refractivity contribution in [2.45, 2.75) is 49.5 Å². The van der Waals surface area contributed by atoms with Crippen molar-refractivity contribution >= 4 is 52.1 Å². The molecule has 1 unspecified atom stereocenters. The number of phosphoric ester groups is 1. The Morgan fingerprint density at radius 1 is 1.02 bits per heavy atom. The molecule has 24 heteroatoms. The van der Waals surface area contributed by atoms with E-state index in [4.69, 9.17) is 34.2 Å².